The number of carbonyl (C=O) groups is 1. The van der Waals surface area contributed by atoms with Gasteiger partial charge < -0.3 is 40.3 Å². The number of nitrogens with one attached hydrogen (secondary N) is 1. The minimum atomic E-state index is -1.55. The molecule has 0 aromatic heterocycles. The number of carbonyl (C=O) groups excluding carboxylic acids is 1. The van der Waals surface area contributed by atoms with E-state index in [1.165, 1.54) is 283 Å². The Balaban J connectivity index is 2.05. The summed E-state index contributed by atoms with van der Waals surface area (Å²) in [6, 6.07) is -0.720. The van der Waals surface area contributed by atoms with E-state index in [9.17, 15) is 30.3 Å². The Morgan fingerprint density at radius 3 is 1.05 bits per heavy atom. The lowest BCUT2D eigenvalue weighted by Crippen LogP contribution is -2.60. The number of rotatable bonds is 68. The van der Waals surface area contributed by atoms with Crippen molar-refractivity contribution in [2.75, 3.05) is 13.2 Å². The van der Waals surface area contributed by atoms with E-state index >= 15 is 0 Å². The van der Waals surface area contributed by atoms with E-state index in [2.05, 4.69) is 79.9 Å². The van der Waals surface area contributed by atoms with Crippen LogP contribution in [0.25, 0.3) is 0 Å². The van der Waals surface area contributed by atoms with E-state index in [0.29, 0.717) is 12.8 Å². The highest BCUT2D eigenvalue weighted by Gasteiger charge is 2.44. The average Bonchev–Trinajstić information content (AvgIpc) is 3.65. The molecule has 7 unspecified atom stereocenters. The Morgan fingerprint density at radius 2 is 0.705 bits per heavy atom. The number of allylic oxidation sites excluding steroid dienone is 10. The van der Waals surface area contributed by atoms with Crippen LogP contribution in [-0.4, -0.2) is 87.5 Å². The lowest BCUT2D eigenvalue weighted by Gasteiger charge is -2.40. The van der Waals surface area contributed by atoms with Crippen molar-refractivity contribution in [3.05, 3.63) is 60.8 Å². The molecule has 9 nitrogen and oxygen atoms in total. The number of hydrogen-bond acceptors (Lipinski definition) is 8. The van der Waals surface area contributed by atoms with Gasteiger partial charge in [-0.25, -0.2) is 0 Å². The number of ether oxygens (including phenoxy) is 2. The Morgan fingerprint density at radius 1 is 0.398 bits per heavy atom. The summed E-state index contributed by atoms with van der Waals surface area (Å²) in [6.45, 7) is 3.78. The van der Waals surface area contributed by atoms with Crippen LogP contribution in [0.3, 0.4) is 0 Å². The molecule has 6 N–H and O–H groups in total. The molecule has 1 aliphatic rings. The lowest BCUT2D eigenvalue weighted by atomic mass is 9.99. The van der Waals surface area contributed by atoms with Crippen molar-refractivity contribution < 1.29 is 39.8 Å². The summed E-state index contributed by atoms with van der Waals surface area (Å²) in [5, 5.41) is 55.0. The first-order valence-electron chi connectivity index (χ1n) is 38.5. The van der Waals surface area contributed by atoms with Crippen LogP contribution in [0.15, 0.2) is 60.8 Å². The standard InChI is InChI=1S/C79H147NO8/c1-3-5-7-9-11-13-15-17-19-21-23-25-27-29-31-32-33-34-35-36-37-38-39-40-41-42-43-45-47-49-51-53-55-57-59-61-63-65-67-69-75(83)80-72(71-87-79-78(86)77(85)76(84)74(70-81)88-79)73(82)68-66-64-62-60-58-56-54-52-50-48-46-44-30-28-26-24-22-20-18-16-14-12-10-8-6-4-2/h5,7,11,13,17,19,23,25,29,31,72-74,76-79,81-82,84-86H,3-4,6,8-10,12,14-16,18,20-22,24,26-28,30,32-71H2,1-2H3,(H,80,83)/b7-5-,13-11-,19-17-,25-23-,31-29-. The number of amides is 1. The zero-order chi connectivity index (χ0) is 63.5. The third-order valence-electron chi connectivity index (χ3n) is 18.4. The lowest BCUT2D eigenvalue weighted by molar-refractivity contribution is -0.302. The van der Waals surface area contributed by atoms with Gasteiger partial charge in [-0.15, -0.1) is 0 Å². The Kier molecular flexibility index (Phi) is 64.6. The van der Waals surface area contributed by atoms with Crippen molar-refractivity contribution >= 4 is 5.91 Å². The molecule has 1 fully saturated rings. The van der Waals surface area contributed by atoms with Crippen LogP contribution in [0.1, 0.15) is 380 Å². The van der Waals surface area contributed by atoms with Crippen LogP contribution in [0, 0.1) is 0 Å². The Bertz CT molecular complexity index is 1580. The predicted molar refractivity (Wildman–Crippen MR) is 378 cm³/mol. The van der Waals surface area contributed by atoms with Gasteiger partial charge in [-0.2, -0.15) is 0 Å². The summed E-state index contributed by atoms with van der Waals surface area (Å²) >= 11 is 0. The van der Waals surface area contributed by atoms with Crippen molar-refractivity contribution in [3.8, 4) is 0 Å². The fourth-order valence-corrected chi connectivity index (χ4v) is 12.4. The molecule has 516 valence electrons. The van der Waals surface area contributed by atoms with E-state index in [1.807, 2.05) is 0 Å². The first-order chi connectivity index (χ1) is 43.3. The molecule has 0 saturated carbocycles. The molecule has 0 aromatic carbocycles. The maximum absolute atomic E-state index is 13.2. The average molecular weight is 1240 g/mol. The van der Waals surface area contributed by atoms with Crippen LogP contribution in [0.5, 0.6) is 0 Å². The number of aliphatic hydroxyl groups excluding tert-OH is 5. The van der Waals surface area contributed by atoms with Crippen molar-refractivity contribution in [2.45, 2.75) is 423 Å². The molecule has 1 heterocycles. The zero-order valence-corrected chi connectivity index (χ0v) is 58.0. The molecule has 0 aliphatic carbocycles. The second-order valence-corrected chi connectivity index (χ2v) is 26.8. The molecule has 88 heavy (non-hydrogen) atoms. The van der Waals surface area contributed by atoms with Crippen molar-refractivity contribution in [1.29, 1.82) is 0 Å². The summed E-state index contributed by atoms with van der Waals surface area (Å²) in [7, 11) is 0. The van der Waals surface area contributed by atoms with Crippen LogP contribution >= 0.6 is 0 Å². The first kappa shape index (κ1) is 83.9. The minimum Gasteiger partial charge on any atom is -0.394 e. The molecule has 0 spiro atoms. The van der Waals surface area contributed by atoms with E-state index in [0.717, 1.165) is 70.6 Å². The monoisotopic (exact) mass is 1240 g/mol. The van der Waals surface area contributed by atoms with Crippen LogP contribution < -0.4 is 5.32 Å². The Hall–Kier alpha value is -2.11. The number of aliphatic hydroxyl groups is 5. The van der Waals surface area contributed by atoms with Crippen LogP contribution in [0.4, 0.5) is 0 Å². The summed E-state index contributed by atoms with van der Waals surface area (Å²) in [6.07, 6.45) is 87.5. The highest BCUT2D eigenvalue weighted by molar-refractivity contribution is 5.76. The van der Waals surface area contributed by atoms with E-state index in [4.69, 9.17) is 9.47 Å². The molecule has 9 heteroatoms. The zero-order valence-electron chi connectivity index (χ0n) is 58.0. The number of unbranched alkanes of at least 4 members (excludes halogenated alkanes) is 48. The SMILES string of the molecule is CC/C=C\C/C=C\C/C=C\C/C=C\C/C=C\CCCCCCCCCCCCCCCCCCCCCCCCCC(=O)NC(COC1OC(CO)C(O)C(O)C1O)C(O)CCCCCCCCCCCCCCCCCCCCCCCCCCCC. The third kappa shape index (κ3) is 55.5. The van der Waals surface area contributed by atoms with Gasteiger partial charge in [-0.05, 0) is 57.8 Å². The molecule has 0 radical (unpaired) electrons. The maximum atomic E-state index is 13.2. The molecule has 1 rings (SSSR count). The van der Waals surface area contributed by atoms with E-state index in [1.54, 1.807) is 0 Å². The summed E-state index contributed by atoms with van der Waals surface area (Å²) < 4.78 is 11.4. The highest BCUT2D eigenvalue weighted by Crippen LogP contribution is 2.24. The minimum absolute atomic E-state index is 0.134. The van der Waals surface area contributed by atoms with Gasteiger partial charge in [0.2, 0.25) is 5.91 Å². The van der Waals surface area contributed by atoms with E-state index in [-0.39, 0.29) is 12.5 Å². The van der Waals surface area contributed by atoms with Gasteiger partial charge in [-0.1, -0.05) is 376 Å². The van der Waals surface area contributed by atoms with Crippen LogP contribution in [0.2, 0.25) is 0 Å². The van der Waals surface area contributed by atoms with Crippen molar-refractivity contribution in [3.63, 3.8) is 0 Å². The molecule has 1 saturated heterocycles. The molecule has 0 aromatic rings. The molecular formula is C79H147NO8. The molecule has 1 amide bonds. The quantitative estimate of drug-likeness (QED) is 0.0261. The molecule has 7 atom stereocenters. The fraction of sp³-hybridized carbons (Fsp3) is 0.861. The van der Waals surface area contributed by atoms with Crippen LogP contribution in [-0.2, 0) is 14.3 Å². The van der Waals surface area contributed by atoms with Crippen molar-refractivity contribution in [2.24, 2.45) is 0 Å². The summed E-state index contributed by atoms with van der Waals surface area (Å²) in [5.74, 6) is -0.136. The van der Waals surface area contributed by atoms with Gasteiger partial charge in [-0.3, -0.25) is 4.79 Å². The second kappa shape index (κ2) is 67.8. The Labute approximate surface area is 545 Å². The van der Waals surface area contributed by atoms with Gasteiger partial charge in [0, 0.05) is 6.42 Å². The topological polar surface area (TPSA) is 149 Å². The largest absolute Gasteiger partial charge is 0.394 e. The smallest absolute Gasteiger partial charge is 0.220 e. The van der Waals surface area contributed by atoms with Gasteiger partial charge in [0.25, 0.3) is 0 Å². The van der Waals surface area contributed by atoms with Gasteiger partial charge in [0.1, 0.15) is 24.4 Å². The van der Waals surface area contributed by atoms with Gasteiger partial charge in [0.05, 0.1) is 25.4 Å². The normalized spacial score (nSPS) is 18.2. The predicted octanol–water partition coefficient (Wildman–Crippen LogP) is 21.7. The first-order valence-corrected chi connectivity index (χ1v) is 38.5. The van der Waals surface area contributed by atoms with E-state index < -0.39 is 49.5 Å². The molecule has 0 bridgehead atoms. The van der Waals surface area contributed by atoms with Gasteiger partial charge in [0.15, 0.2) is 6.29 Å². The van der Waals surface area contributed by atoms with Crippen molar-refractivity contribution in [1.82, 2.24) is 5.32 Å². The third-order valence-corrected chi connectivity index (χ3v) is 18.4. The maximum Gasteiger partial charge on any atom is 0.220 e. The summed E-state index contributed by atoms with van der Waals surface area (Å²) in [4.78, 5) is 13.2. The number of hydrogen-bond donors (Lipinski definition) is 6. The second-order valence-electron chi connectivity index (χ2n) is 26.8. The summed E-state index contributed by atoms with van der Waals surface area (Å²) in [5.41, 5.74) is 0. The van der Waals surface area contributed by atoms with Gasteiger partial charge >= 0.3 is 0 Å². The molecular weight excluding hydrogens is 1090 g/mol. The highest BCUT2D eigenvalue weighted by atomic mass is 16.7. The molecule has 1 aliphatic heterocycles. The fourth-order valence-electron chi connectivity index (χ4n) is 12.4.